The van der Waals surface area contributed by atoms with Gasteiger partial charge in [-0.25, -0.2) is 22.7 Å². The maximum absolute atomic E-state index is 14.0. The predicted molar refractivity (Wildman–Crippen MR) is 79.6 cm³/mol. The Kier molecular flexibility index (Phi) is 3.46. The van der Waals surface area contributed by atoms with Crippen LogP contribution in [0.4, 0.5) is 19.1 Å². The van der Waals surface area contributed by atoms with Crippen LogP contribution in [0.5, 0.6) is 0 Å². The molecule has 0 aromatic carbocycles. The summed E-state index contributed by atoms with van der Waals surface area (Å²) in [5, 5.41) is 3.94. The van der Waals surface area contributed by atoms with Crippen molar-refractivity contribution in [3.05, 3.63) is 42.0 Å². The van der Waals surface area contributed by atoms with E-state index in [4.69, 9.17) is 5.73 Å². The van der Waals surface area contributed by atoms with Gasteiger partial charge in [0.1, 0.15) is 11.2 Å². The van der Waals surface area contributed by atoms with E-state index in [1.165, 1.54) is 35.1 Å². The summed E-state index contributed by atoms with van der Waals surface area (Å²) in [6.07, 6.45) is 0.685. The molecule has 0 radical (unpaired) electrons. The average molecular weight is 321 g/mol. The summed E-state index contributed by atoms with van der Waals surface area (Å²) in [7, 11) is 0. The number of nitrogens with zero attached hydrogens (tertiary/aromatic N) is 4. The van der Waals surface area contributed by atoms with Gasteiger partial charge in [0.05, 0.1) is 17.6 Å². The minimum atomic E-state index is -2.02. The van der Waals surface area contributed by atoms with Crippen molar-refractivity contribution in [2.75, 3.05) is 5.73 Å². The Morgan fingerprint density at radius 2 is 1.96 bits per heavy atom. The zero-order valence-electron chi connectivity index (χ0n) is 12.5. The monoisotopic (exact) mass is 321 g/mol. The van der Waals surface area contributed by atoms with Gasteiger partial charge < -0.3 is 5.73 Å². The summed E-state index contributed by atoms with van der Waals surface area (Å²) >= 11 is 0. The van der Waals surface area contributed by atoms with E-state index >= 15 is 0 Å². The van der Waals surface area contributed by atoms with Crippen LogP contribution in [0, 0.1) is 5.82 Å². The van der Waals surface area contributed by atoms with Crippen LogP contribution in [0.3, 0.4) is 0 Å². The average Bonchev–Trinajstić information content (AvgIpc) is 2.82. The minimum absolute atomic E-state index is 0.0195. The second kappa shape index (κ2) is 5.22. The van der Waals surface area contributed by atoms with E-state index < -0.39 is 17.7 Å². The lowest BCUT2D eigenvalue weighted by Crippen LogP contribution is -2.20. The van der Waals surface area contributed by atoms with E-state index in [2.05, 4.69) is 15.1 Å². The lowest BCUT2D eigenvalue weighted by atomic mass is 9.99. The second-order valence-electron chi connectivity index (χ2n) is 5.69. The van der Waals surface area contributed by atoms with Crippen LogP contribution in [-0.2, 0) is 0 Å². The lowest BCUT2D eigenvalue weighted by Gasteiger charge is -2.19. The number of halogens is 3. The van der Waals surface area contributed by atoms with Crippen molar-refractivity contribution in [2.24, 2.45) is 0 Å². The number of pyridine rings is 1. The van der Waals surface area contributed by atoms with Crippen LogP contribution in [0.25, 0.3) is 16.9 Å². The van der Waals surface area contributed by atoms with Gasteiger partial charge in [-0.1, -0.05) is 6.07 Å². The fourth-order valence-corrected chi connectivity index (χ4v) is 2.25. The minimum Gasteiger partial charge on any atom is -0.367 e. The fourth-order valence-electron chi connectivity index (χ4n) is 2.25. The van der Waals surface area contributed by atoms with Crippen LogP contribution in [-0.4, -0.2) is 25.3 Å². The molecule has 5 nitrogen and oxygen atoms in total. The molecule has 0 amide bonds. The Hall–Kier alpha value is -2.64. The second-order valence-corrected chi connectivity index (χ2v) is 5.69. The molecule has 1 atom stereocenters. The quantitative estimate of drug-likeness (QED) is 0.804. The van der Waals surface area contributed by atoms with Crippen molar-refractivity contribution in [1.29, 1.82) is 0 Å². The number of aromatic nitrogens is 4. The Morgan fingerprint density at radius 1 is 1.22 bits per heavy atom. The lowest BCUT2D eigenvalue weighted by molar-refractivity contribution is 0.0850. The summed E-state index contributed by atoms with van der Waals surface area (Å²) in [4.78, 5) is 7.81. The number of fused-ring (bicyclic) bond motifs is 1. The maximum atomic E-state index is 14.0. The van der Waals surface area contributed by atoms with Gasteiger partial charge in [0.2, 0.25) is 5.95 Å². The van der Waals surface area contributed by atoms with Crippen LogP contribution >= 0.6 is 0 Å². The topological polar surface area (TPSA) is 69.1 Å². The number of rotatable bonds is 3. The molecule has 0 aliphatic rings. The van der Waals surface area contributed by atoms with E-state index in [1.54, 1.807) is 0 Å². The number of alkyl halides is 2. The van der Waals surface area contributed by atoms with Gasteiger partial charge in [0, 0.05) is 17.8 Å². The molecule has 3 aromatic heterocycles. The fraction of sp³-hybridized carbons (Fsp3) is 0.267. The third-order valence-corrected chi connectivity index (χ3v) is 3.43. The van der Waals surface area contributed by atoms with E-state index in [0.29, 0.717) is 11.4 Å². The highest BCUT2D eigenvalue weighted by Crippen LogP contribution is 2.33. The Labute approximate surface area is 130 Å². The molecule has 3 aromatic rings. The summed E-state index contributed by atoms with van der Waals surface area (Å²) < 4.78 is 42.8. The highest BCUT2D eigenvalue weighted by atomic mass is 19.2. The van der Waals surface area contributed by atoms with Gasteiger partial charge in [0.25, 0.3) is 0 Å². The smallest absolute Gasteiger partial charge is 0.238 e. The van der Waals surface area contributed by atoms with Crippen molar-refractivity contribution in [3.63, 3.8) is 0 Å². The van der Waals surface area contributed by atoms with Crippen LogP contribution < -0.4 is 5.73 Å². The van der Waals surface area contributed by atoms with E-state index in [-0.39, 0.29) is 17.0 Å². The highest BCUT2D eigenvalue weighted by Gasteiger charge is 2.30. The molecule has 23 heavy (non-hydrogen) atoms. The Morgan fingerprint density at radius 3 is 2.57 bits per heavy atom. The first-order valence-electron chi connectivity index (χ1n) is 6.86. The zero-order valence-corrected chi connectivity index (χ0v) is 12.5. The first-order chi connectivity index (χ1) is 10.8. The molecule has 0 saturated heterocycles. The van der Waals surface area contributed by atoms with Crippen molar-refractivity contribution < 1.29 is 13.2 Å². The molecular formula is C15H14F3N5. The zero-order chi connectivity index (χ0) is 16.8. The van der Waals surface area contributed by atoms with Gasteiger partial charge in [-0.3, -0.25) is 4.98 Å². The van der Waals surface area contributed by atoms with E-state index in [0.717, 1.165) is 13.8 Å². The largest absolute Gasteiger partial charge is 0.367 e. The molecule has 0 spiro atoms. The van der Waals surface area contributed by atoms with Gasteiger partial charge in [0.15, 0.2) is 12.0 Å². The maximum Gasteiger partial charge on any atom is 0.238 e. The van der Waals surface area contributed by atoms with Crippen molar-refractivity contribution >= 4 is 11.5 Å². The summed E-state index contributed by atoms with van der Waals surface area (Å²) in [5.41, 5.74) is 4.45. The standard InChI is InChI=1S/C15H14F3N5/c1-15(2,18)13(17)8-3-4-10(20-6-8)11-5-9(16)12-7-21-14(19)22-23(11)12/h3-7,13H,1-2H3,(H2,19,22). The third kappa shape index (κ3) is 2.71. The molecule has 1 unspecified atom stereocenters. The molecule has 2 N–H and O–H groups in total. The molecular weight excluding hydrogens is 307 g/mol. The van der Waals surface area contributed by atoms with Gasteiger partial charge >= 0.3 is 0 Å². The Balaban J connectivity index is 2.05. The number of nitrogens with two attached hydrogens (primary N) is 1. The predicted octanol–water partition coefficient (Wildman–Crippen LogP) is 3.27. The molecule has 0 aliphatic heterocycles. The number of nitrogen functional groups attached to an aromatic ring is 1. The third-order valence-electron chi connectivity index (χ3n) is 3.43. The van der Waals surface area contributed by atoms with Gasteiger partial charge in [-0.05, 0) is 19.9 Å². The first-order valence-corrected chi connectivity index (χ1v) is 6.86. The first kappa shape index (κ1) is 15.3. The molecule has 0 fully saturated rings. The van der Waals surface area contributed by atoms with Crippen LogP contribution in [0.1, 0.15) is 25.6 Å². The van der Waals surface area contributed by atoms with E-state index in [1.807, 2.05) is 0 Å². The Bertz CT molecular complexity index is 852. The molecule has 120 valence electrons. The van der Waals surface area contributed by atoms with Crippen molar-refractivity contribution in [2.45, 2.75) is 25.7 Å². The molecule has 3 heterocycles. The van der Waals surface area contributed by atoms with E-state index in [9.17, 15) is 13.2 Å². The SMILES string of the molecule is CC(C)(F)C(F)c1ccc(-c2cc(F)c3cnc(N)nn23)nc1. The highest BCUT2D eigenvalue weighted by molar-refractivity contribution is 5.64. The van der Waals surface area contributed by atoms with Gasteiger partial charge in [-0.2, -0.15) is 0 Å². The number of hydrogen-bond donors (Lipinski definition) is 1. The van der Waals surface area contributed by atoms with Crippen LogP contribution in [0.2, 0.25) is 0 Å². The van der Waals surface area contributed by atoms with Crippen molar-refractivity contribution in [1.82, 2.24) is 19.6 Å². The van der Waals surface area contributed by atoms with Crippen LogP contribution in [0.15, 0.2) is 30.6 Å². The summed E-state index contributed by atoms with van der Waals surface area (Å²) in [6, 6.07) is 4.13. The number of hydrogen-bond acceptors (Lipinski definition) is 4. The summed E-state index contributed by atoms with van der Waals surface area (Å²) in [5.74, 6) is -0.548. The molecule has 8 heteroatoms. The molecule has 0 saturated carbocycles. The summed E-state index contributed by atoms with van der Waals surface area (Å²) in [6.45, 7) is 2.31. The molecule has 0 bridgehead atoms. The van der Waals surface area contributed by atoms with Gasteiger partial charge in [-0.15, -0.1) is 5.10 Å². The van der Waals surface area contributed by atoms with Crippen molar-refractivity contribution in [3.8, 4) is 11.4 Å². The molecule has 3 rings (SSSR count). The molecule has 0 aliphatic carbocycles. The number of anilines is 1. The normalized spacial score (nSPS) is 13.4.